The second kappa shape index (κ2) is 11.0. The number of fused-ring (bicyclic) bond motifs is 1. The Bertz CT molecular complexity index is 1650. The zero-order valence-electron chi connectivity index (χ0n) is 20.3. The number of nitrogens with zero attached hydrogens (tertiary/aromatic N) is 4. The third-order valence-corrected chi connectivity index (χ3v) is 6.11. The topological polar surface area (TPSA) is 173 Å². The maximum absolute atomic E-state index is 13.3. The molecule has 0 aliphatic carbocycles. The number of benzene rings is 3. The van der Waals surface area contributed by atoms with E-state index in [1.807, 2.05) is 12.1 Å². The van der Waals surface area contributed by atoms with E-state index in [0.717, 1.165) is 16.5 Å². The summed E-state index contributed by atoms with van der Waals surface area (Å²) in [4.78, 5) is 42.3. The Morgan fingerprint density at radius 2 is 1.79 bits per heavy atom. The number of amides is 3. The molecule has 1 unspecified atom stereocenters. The van der Waals surface area contributed by atoms with Crippen molar-refractivity contribution in [2.24, 2.45) is 0 Å². The maximum Gasteiger partial charge on any atom is 0.313 e. The van der Waals surface area contributed by atoms with Crippen LogP contribution in [0.3, 0.4) is 0 Å². The van der Waals surface area contributed by atoms with Gasteiger partial charge < -0.3 is 26.7 Å². The fourth-order valence-electron chi connectivity index (χ4n) is 3.94. The average molecular weight is 544 g/mol. The number of aromatic nitrogens is 5. The first-order valence-corrected chi connectivity index (χ1v) is 12.1. The van der Waals surface area contributed by atoms with Gasteiger partial charge >= 0.3 is 11.8 Å². The van der Waals surface area contributed by atoms with E-state index in [1.165, 1.54) is 17.1 Å². The van der Waals surface area contributed by atoms with Crippen molar-refractivity contribution in [3.8, 4) is 5.69 Å². The van der Waals surface area contributed by atoms with Gasteiger partial charge in [-0.15, -0.1) is 5.10 Å². The highest BCUT2D eigenvalue weighted by Crippen LogP contribution is 2.24. The highest BCUT2D eigenvalue weighted by atomic mass is 35.5. The van der Waals surface area contributed by atoms with Crippen molar-refractivity contribution in [3.63, 3.8) is 0 Å². The summed E-state index contributed by atoms with van der Waals surface area (Å²) in [5.41, 5.74) is 9.12. The van der Waals surface area contributed by atoms with Crippen molar-refractivity contribution in [1.29, 1.82) is 0 Å². The van der Waals surface area contributed by atoms with E-state index in [9.17, 15) is 14.4 Å². The van der Waals surface area contributed by atoms with Gasteiger partial charge in [0.1, 0.15) is 12.4 Å². The minimum atomic E-state index is -1.08. The van der Waals surface area contributed by atoms with Crippen LogP contribution in [0.2, 0.25) is 5.02 Å². The summed E-state index contributed by atoms with van der Waals surface area (Å²) in [5.74, 6) is -2.52. The molecule has 2 aromatic heterocycles. The van der Waals surface area contributed by atoms with Gasteiger partial charge in [0.25, 0.3) is 0 Å². The maximum atomic E-state index is 13.3. The van der Waals surface area contributed by atoms with Crippen molar-refractivity contribution in [3.05, 3.63) is 89.8 Å². The van der Waals surface area contributed by atoms with E-state index >= 15 is 0 Å². The van der Waals surface area contributed by atoms with Crippen LogP contribution in [0.5, 0.6) is 0 Å². The number of anilines is 3. The van der Waals surface area contributed by atoms with E-state index in [1.54, 1.807) is 54.7 Å². The number of aromatic amines is 1. The monoisotopic (exact) mass is 543 g/mol. The molecule has 0 radical (unpaired) electrons. The second-order valence-electron chi connectivity index (χ2n) is 8.61. The quantitative estimate of drug-likeness (QED) is 0.155. The first-order chi connectivity index (χ1) is 18.9. The standard InChI is InChI=1S/C26H22ClN9O3/c27-17-3-8-23(36-14-30-34-35-36)21(13-17)32-25(38)26(39)33-22(11-15-1-4-18(28)5-2-15)24(37)31-19-6-7-20-16(12-19)9-10-29-20/h1-10,12-14,22,29H,11,28H2,(H,31,37)(H,32,38)(H,33,39). The Hall–Kier alpha value is -5.23. The summed E-state index contributed by atoms with van der Waals surface area (Å²) in [7, 11) is 0. The molecule has 6 N–H and O–H groups in total. The van der Waals surface area contributed by atoms with Crippen LogP contribution < -0.4 is 21.7 Å². The molecule has 0 bridgehead atoms. The molecule has 0 fully saturated rings. The van der Waals surface area contributed by atoms with Crippen LogP contribution in [-0.4, -0.2) is 49.0 Å². The zero-order valence-corrected chi connectivity index (χ0v) is 21.0. The van der Waals surface area contributed by atoms with Crippen LogP contribution in [0.4, 0.5) is 17.1 Å². The predicted molar refractivity (Wildman–Crippen MR) is 146 cm³/mol. The van der Waals surface area contributed by atoms with Crippen LogP contribution in [0.15, 0.2) is 79.3 Å². The molecule has 0 spiro atoms. The highest BCUT2D eigenvalue weighted by Gasteiger charge is 2.26. The minimum absolute atomic E-state index is 0.116. The van der Waals surface area contributed by atoms with Gasteiger partial charge in [0.15, 0.2) is 0 Å². The molecule has 39 heavy (non-hydrogen) atoms. The molecule has 3 amide bonds. The minimum Gasteiger partial charge on any atom is -0.399 e. The number of hydrogen-bond donors (Lipinski definition) is 5. The van der Waals surface area contributed by atoms with E-state index in [2.05, 4.69) is 36.5 Å². The summed E-state index contributed by atoms with van der Waals surface area (Å²) in [6.07, 6.45) is 3.24. The summed E-state index contributed by atoms with van der Waals surface area (Å²) < 4.78 is 1.31. The molecule has 5 rings (SSSR count). The molecule has 1 atom stereocenters. The lowest BCUT2D eigenvalue weighted by Gasteiger charge is -2.19. The molecule has 3 aromatic carbocycles. The van der Waals surface area contributed by atoms with Crippen molar-refractivity contribution in [2.45, 2.75) is 12.5 Å². The molecule has 0 saturated heterocycles. The average Bonchev–Trinajstić information content (AvgIpc) is 3.62. The summed E-state index contributed by atoms with van der Waals surface area (Å²) >= 11 is 6.10. The molecule has 12 nitrogen and oxygen atoms in total. The van der Waals surface area contributed by atoms with Gasteiger partial charge in [-0.05, 0) is 70.6 Å². The first-order valence-electron chi connectivity index (χ1n) is 11.7. The number of H-pyrrole nitrogens is 1. The Labute approximate surface area is 226 Å². The van der Waals surface area contributed by atoms with Crippen molar-refractivity contribution < 1.29 is 14.4 Å². The second-order valence-corrected chi connectivity index (χ2v) is 9.05. The lowest BCUT2D eigenvalue weighted by atomic mass is 10.0. The van der Waals surface area contributed by atoms with Crippen LogP contribution in [-0.2, 0) is 20.8 Å². The third-order valence-electron chi connectivity index (χ3n) is 5.87. The van der Waals surface area contributed by atoms with Crippen molar-refractivity contribution in [2.75, 3.05) is 16.4 Å². The first kappa shape index (κ1) is 25.4. The van der Waals surface area contributed by atoms with Gasteiger partial charge in [-0.25, -0.2) is 0 Å². The Morgan fingerprint density at radius 3 is 2.56 bits per heavy atom. The number of nitrogens with two attached hydrogens (primary N) is 1. The number of halogens is 1. The van der Waals surface area contributed by atoms with E-state index in [4.69, 9.17) is 17.3 Å². The number of nitrogens with one attached hydrogen (secondary N) is 4. The van der Waals surface area contributed by atoms with Crippen LogP contribution >= 0.6 is 11.6 Å². The molecule has 196 valence electrons. The highest BCUT2D eigenvalue weighted by molar-refractivity contribution is 6.40. The number of rotatable bonds is 7. The number of carbonyl (C=O) groups is 3. The van der Waals surface area contributed by atoms with Crippen molar-refractivity contribution in [1.82, 2.24) is 30.5 Å². The van der Waals surface area contributed by atoms with Crippen LogP contribution in [0.1, 0.15) is 5.56 Å². The van der Waals surface area contributed by atoms with Gasteiger partial charge in [-0.3, -0.25) is 14.4 Å². The Kier molecular flexibility index (Phi) is 7.19. The SMILES string of the molecule is Nc1ccc(CC(NC(=O)C(=O)Nc2cc(Cl)ccc2-n2cnnn2)C(=O)Nc2ccc3[nH]ccc3c2)cc1. The van der Waals surface area contributed by atoms with Gasteiger partial charge in [-0.2, -0.15) is 4.68 Å². The van der Waals surface area contributed by atoms with Crippen molar-refractivity contribution >= 4 is 57.3 Å². The number of hydrogen-bond acceptors (Lipinski definition) is 7. The van der Waals surface area contributed by atoms with Gasteiger partial charge in [0, 0.05) is 39.9 Å². The smallest absolute Gasteiger partial charge is 0.313 e. The Balaban J connectivity index is 1.34. The lowest BCUT2D eigenvalue weighted by Crippen LogP contribution is -2.49. The largest absolute Gasteiger partial charge is 0.399 e. The third kappa shape index (κ3) is 6.02. The molecule has 0 aliphatic heterocycles. The number of nitrogen functional groups attached to an aromatic ring is 1. The van der Waals surface area contributed by atoms with E-state index < -0.39 is 23.8 Å². The number of tetrazole rings is 1. The predicted octanol–water partition coefficient (Wildman–Crippen LogP) is 2.68. The molecular weight excluding hydrogens is 522 g/mol. The molecule has 0 aliphatic rings. The van der Waals surface area contributed by atoms with E-state index in [0.29, 0.717) is 22.1 Å². The fraction of sp³-hybridized carbons (Fsp3) is 0.0769. The summed E-state index contributed by atoms with van der Waals surface area (Å²) in [6, 6.07) is 17.7. The molecule has 0 saturated carbocycles. The normalized spacial score (nSPS) is 11.6. The summed E-state index contributed by atoms with van der Waals surface area (Å²) in [6.45, 7) is 0. The zero-order chi connectivity index (χ0) is 27.4. The fourth-order valence-corrected chi connectivity index (χ4v) is 4.11. The molecular formula is C26H22ClN9O3. The van der Waals surface area contributed by atoms with E-state index in [-0.39, 0.29) is 12.1 Å². The molecule has 13 heteroatoms. The van der Waals surface area contributed by atoms with Gasteiger partial charge in [-0.1, -0.05) is 23.7 Å². The summed E-state index contributed by atoms with van der Waals surface area (Å²) in [5, 5.41) is 20.1. The molecule has 5 aromatic rings. The lowest BCUT2D eigenvalue weighted by molar-refractivity contribution is -0.137. The molecule has 2 heterocycles. The van der Waals surface area contributed by atoms with Crippen LogP contribution in [0.25, 0.3) is 16.6 Å². The van der Waals surface area contributed by atoms with Crippen LogP contribution in [0, 0.1) is 0 Å². The van der Waals surface area contributed by atoms with Gasteiger partial charge in [0.2, 0.25) is 5.91 Å². The number of carbonyl (C=O) groups excluding carboxylic acids is 3. The Morgan fingerprint density at radius 1 is 0.974 bits per heavy atom. The van der Waals surface area contributed by atoms with Gasteiger partial charge in [0.05, 0.1) is 11.4 Å².